The maximum Gasteiger partial charge on any atom is 0.408 e. The topological polar surface area (TPSA) is 122 Å². The van der Waals surface area contributed by atoms with E-state index in [0.717, 1.165) is 0 Å². The van der Waals surface area contributed by atoms with Gasteiger partial charge in [-0.1, -0.05) is 11.8 Å². The Kier molecular flexibility index (Phi) is 6.22. The van der Waals surface area contributed by atoms with Crippen molar-refractivity contribution in [2.24, 2.45) is 0 Å². The molecule has 0 spiro atoms. The molecule has 2 heterocycles. The second-order valence-corrected chi connectivity index (χ2v) is 8.99. The van der Waals surface area contributed by atoms with Crippen LogP contribution in [0, 0.1) is 0 Å². The number of aromatic nitrogens is 2. The number of anilines is 1. The minimum absolute atomic E-state index is 0.119. The summed E-state index contributed by atoms with van der Waals surface area (Å²) in [5, 5.41) is 12.8. The van der Waals surface area contributed by atoms with Crippen LogP contribution in [0.25, 0.3) is 0 Å². The van der Waals surface area contributed by atoms with Gasteiger partial charge in [0.2, 0.25) is 0 Å². The fourth-order valence-corrected chi connectivity index (χ4v) is 3.20. The molecular formula is C18H26N4O5S. The average molecular weight is 410 g/mol. The van der Waals surface area contributed by atoms with E-state index in [4.69, 9.17) is 4.74 Å². The molecule has 154 valence electrons. The number of carboxylic acid groups (broad SMARTS) is 1. The smallest absolute Gasteiger partial charge is 0.408 e. The molecule has 0 bridgehead atoms. The minimum Gasteiger partial charge on any atom is -0.480 e. The maximum atomic E-state index is 12.4. The summed E-state index contributed by atoms with van der Waals surface area (Å²) in [6.07, 6.45) is 2.42. The second kappa shape index (κ2) is 7.94. The fraction of sp³-hybridized carbons (Fsp3) is 0.611. The molecule has 1 aliphatic heterocycles. The Bertz CT molecular complexity index is 791. The Morgan fingerprint density at radius 3 is 2.54 bits per heavy atom. The molecule has 0 saturated carbocycles. The van der Waals surface area contributed by atoms with Crippen molar-refractivity contribution < 1.29 is 24.2 Å². The van der Waals surface area contributed by atoms with Gasteiger partial charge in [0.15, 0.2) is 10.9 Å². The predicted molar refractivity (Wildman–Crippen MR) is 105 cm³/mol. The van der Waals surface area contributed by atoms with E-state index in [9.17, 15) is 19.5 Å². The number of rotatable bonds is 5. The molecule has 1 aromatic rings. The summed E-state index contributed by atoms with van der Waals surface area (Å²) in [6.45, 7) is 8.90. The van der Waals surface area contributed by atoms with Crippen molar-refractivity contribution in [1.29, 1.82) is 0 Å². The summed E-state index contributed by atoms with van der Waals surface area (Å²) in [5.74, 6) is -1.18. The first-order valence-electron chi connectivity index (χ1n) is 8.78. The molecule has 0 radical (unpaired) electrons. The van der Waals surface area contributed by atoms with Crippen molar-refractivity contribution in [3.63, 3.8) is 0 Å². The van der Waals surface area contributed by atoms with E-state index < -0.39 is 29.2 Å². The number of ketones is 1. The number of Topliss-reactive ketones (excluding diaryl/α,β-unsaturated/α-hetero) is 1. The number of ether oxygens (including phenoxy) is 1. The number of aliphatic carboxylic acids is 1. The van der Waals surface area contributed by atoms with Crippen molar-refractivity contribution >= 4 is 35.4 Å². The van der Waals surface area contributed by atoms with Crippen molar-refractivity contribution in [2.75, 3.05) is 17.7 Å². The lowest BCUT2D eigenvalue weighted by atomic mass is 9.95. The molecule has 1 aliphatic rings. The van der Waals surface area contributed by atoms with Crippen LogP contribution in [0.5, 0.6) is 0 Å². The minimum atomic E-state index is -1.13. The highest BCUT2D eigenvalue weighted by Gasteiger charge is 2.40. The van der Waals surface area contributed by atoms with Gasteiger partial charge in [0.05, 0.1) is 11.1 Å². The van der Waals surface area contributed by atoms with Crippen LogP contribution in [-0.2, 0) is 9.53 Å². The lowest BCUT2D eigenvalue weighted by Gasteiger charge is -2.40. The number of fused-ring (bicyclic) bond motifs is 1. The molecule has 1 aromatic heterocycles. The highest BCUT2D eigenvalue weighted by atomic mass is 32.2. The molecule has 1 amide bonds. The Morgan fingerprint density at radius 1 is 1.36 bits per heavy atom. The molecule has 28 heavy (non-hydrogen) atoms. The van der Waals surface area contributed by atoms with Gasteiger partial charge in [0.25, 0.3) is 0 Å². The first-order valence-corrected chi connectivity index (χ1v) is 10.0. The van der Waals surface area contributed by atoms with Crippen molar-refractivity contribution in [3.05, 3.63) is 11.8 Å². The average Bonchev–Trinajstić information content (AvgIpc) is 2.53. The van der Waals surface area contributed by atoms with E-state index in [-0.39, 0.29) is 30.1 Å². The first kappa shape index (κ1) is 21.9. The summed E-state index contributed by atoms with van der Waals surface area (Å²) in [7, 11) is 0. The van der Waals surface area contributed by atoms with E-state index in [1.54, 1.807) is 40.9 Å². The monoisotopic (exact) mass is 410 g/mol. The molecule has 9 nitrogen and oxygen atoms in total. The van der Waals surface area contributed by atoms with Crippen LogP contribution in [0.1, 0.15) is 51.4 Å². The molecular weight excluding hydrogens is 384 g/mol. The Morgan fingerprint density at radius 2 is 2.00 bits per heavy atom. The van der Waals surface area contributed by atoms with Gasteiger partial charge < -0.3 is 20.1 Å². The van der Waals surface area contributed by atoms with E-state index in [1.807, 2.05) is 0 Å². The van der Waals surface area contributed by atoms with Gasteiger partial charge in [0, 0.05) is 19.2 Å². The van der Waals surface area contributed by atoms with Gasteiger partial charge in [0.1, 0.15) is 17.5 Å². The second-order valence-electron chi connectivity index (χ2n) is 8.21. The molecule has 10 heteroatoms. The van der Waals surface area contributed by atoms with Crippen LogP contribution in [-0.4, -0.2) is 62.9 Å². The number of nitrogens with zero attached hydrogens (tertiary/aromatic N) is 3. The van der Waals surface area contributed by atoms with Crippen LogP contribution >= 0.6 is 11.8 Å². The van der Waals surface area contributed by atoms with E-state index in [1.165, 1.54) is 22.9 Å². The van der Waals surface area contributed by atoms with Gasteiger partial charge in [-0.2, -0.15) is 0 Å². The lowest BCUT2D eigenvalue weighted by molar-refractivity contribution is -0.138. The first-order chi connectivity index (χ1) is 12.8. The highest BCUT2D eigenvalue weighted by molar-refractivity contribution is 7.98. The summed E-state index contributed by atoms with van der Waals surface area (Å²) in [5.41, 5.74) is -1.23. The Labute approximate surface area is 168 Å². The number of nitrogens with one attached hydrogen (secondary N) is 1. The number of carbonyl (C=O) groups excluding carboxylic acids is 2. The number of amides is 1. The third kappa shape index (κ3) is 5.34. The molecule has 2 rings (SSSR count). The molecule has 2 N–H and O–H groups in total. The molecule has 1 unspecified atom stereocenters. The van der Waals surface area contributed by atoms with Gasteiger partial charge in [-0.05, 0) is 40.9 Å². The van der Waals surface area contributed by atoms with E-state index >= 15 is 0 Å². The number of carboxylic acids is 1. The molecule has 1 atom stereocenters. The molecule has 0 saturated heterocycles. The third-order valence-corrected chi connectivity index (χ3v) is 4.51. The predicted octanol–water partition coefficient (Wildman–Crippen LogP) is 2.35. The number of carbonyl (C=O) groups is 3. The SMILES string of the molecule is CSc1ncc2c(n1)N(CC(C)(C)NC(=O)OC(C)(C)C)C(C(=O)O)CC2=O. The summed E-state index contributed by atoms with van der Waals surface area (Å²) >= 11 is 1.29. The van der Waals surface area contributed by atoms with Crippen LogP contribution in [0.15, 0.2) is 11.4 Å². The molecule has 0 aliphatic carbocycles. The summed E-state index contributed by atoms with van der Waals surface area (Å²) < 4.78 is 5.29. The largest absolute Gasteiger partial charge is 0.480 e. The van der Waals surface area contributed by atoms with Crippen molar-refractivity contribution in [1.82, 2.24) is 15.3 Å². The van der Waals surface area contributed by atoms with E-state index in [0.29, 0.717) is 5.16 Å². The quantitative estimate of drug-likeness (QED) is 0.556. The van der Waals surface area contributed by atoms with Gasteiger partial charge in [-0.25, -0.2) is 19.6 Å². The normalized spacial score (nSPS) is 17.1. The summed E-state index contributed by atoms with van der Waals surface area (Å²) in [6, 6.07) is -1.08. The standard InChI is InChI=1S/C18H26N4O5S/c1-17(2,3)27-16(26)21-18(4,5)9-22-11(14(24)25)7-12(23)10-8-19-15(28-6)20-13(10)22/h8,11H,7,9H2,1-6H3,(H,21,26)(H,24,25). The molecule has 0 aromatic carbocycles. The number of alkyl carbamates (subject to hydrolysis) is 1. The van der Waals surface area contributed by atoms with Gasteiger partial charge in [-0.3, -0.25) is 4.79 Å². The van der Waals surface area contributed by atoms with Crippen LogP contribution in [0.2, 0.25) is 0 Å². The van der Waals surface area contributed by atoms with Crippen LogP contribution in [0.3, 0.4) is 0 Å². The number of hydrogen-bond acceptors (Lipinski definition) is 8. The van der Waals surface area contributed by atoms with E-state index in [2.05, 4.69) is 15.3 Å². The maximum absolute atomic E-state index is 12.4. The van der Waals surface area contributed by atoms with Crippen LogP contribution < -0.4 is 10.2 Å². The zero-order valence-corrected chi connectivity index (χ0v) is 17.7. The Balaban J connectivity index is 2.35. The Hall–Kier alpha value is -2.36. The zero-order chi connectivity index (χ0) is 21.3. The van der Waals surface area contributed by atoms with Crippen molar-refractivity contribution in [2.45, 2.75) is 63.4 Å². The van der Waals surface area contributed by atoms with Crippen molar-refractivity contribution in [3.8, 4) is 0 Å². The van der Waals surface area contributed by atoms with Gasteiger partial charge in [-0.15, -0.1) is 0 Å². The lowest BCUT2D eigenvalue weighted by Crippen LogP contribution is -2.58. The fourth-order valence-electron chi connectivity index (χ4n) is 2.87. The van der Waals surface area contributed by atoms with Crippen LogP contribution in [0.4, 0.5) is 10.6 Å². The third-order valence-electron chi connectivity index (χ3n) is 3.95. The van der Waals surface area contributed by atoms with Gasteiger partial charge >= 0.3 is 12.1 Å². The summed E-state index contributed by atoms with van der Waals surface area (Å²) in [4.78, 5) is 46.4. The number of hydrogen-bond donors (Lipinski definition) is 2. The zero-order valence-electron chi connectivity index (χ0n) is 16.9. The highest BCUT2D eigenvalue weighted by Crippen LogP contribution is 2.31. The number of thioether (sulfide) groups is 1. The molecule has 0 fully saturated rings.